The maximum atomic E-state index is 13.0. The van der Waals surface area contributed by atoms with Crippen LogP contribution in [0.4, 0.5) is 4.79 Å². The van der Waals surface area contributed by atoms with Crippen LogP contribution in [0.5, 0.6) is 0 Å². The van der Waals surface area contributed by atoms with Gasteiger partial charge in [-0.1, -0.05) is 30.3 Å². The first-order valence-electron chi connectivity index (χ1n) is 22.1. The predicted octanol–water partition coefficient (Wildman–Crippen LogP) is -4.53. The minimum Gasteiger partial charge on any atom is -0.468 e. The van der Waals surface area contributed by atoms with Crippen molar-refractivity contribution in [1.82, 2.24) is 58.8 Å². The molecule has 0 bridgehead atoms. The van der Waals surface area contributed by atoms with E-state index < -0.39 is 136 Å². The van der Waals surface area contributed by atoms with Gasteiger partial charge >= 0.3 is 12.1 Å². The summed E-state index contributed by atoms with van der Waals surface area (Å²) in [7, 11) is 17.2. The summed E-state index contributed by atoms with van der Waals surface area (Å²) in [5.41, 5.74) is 0.763. The Morgan fingerprint density at radius 2 is 0.500 bits per heavy atom. The van der Waals surface area contributed by atoms with Crippen molar-refractivity contribution in [3.8, 4) is 0 Å². The number of ether oxygens (including phenoxy) is 2. The SMILES string of the molecule is COC(=O)CN(C)C(=O)CN(C)C(=O)CN(C)C(=O)CN(C)C(=O)CN(C)C(=O)CN(C)C(=O)CN(C)C(=O)CN(C)C(=O)CN(C)C(=O)CN(C)C(=O)CN(C)C(=O)CN(C)C(=O)OCc1ccccc1. The number of rotatable bonds is 26. The van der Waals surface area contributed by atoms with E-state index in [1.54, 1.807) is 24.3 Å². The number of benzene rings is 1. The largest absolute Gasteiger partial charge is 0.468 e. The topological polar surface area (TPSA) is 279 Å². The smallest absolute Gasteiger partial charge is 0.410 e. The lowest BCUT2D eigenvalue weighted by atomic mass is 10.2. The van der Waals surface area contributed by atoms with Crippen LogP contribution in [0.2, 0.25) is 0 Å². The predicted molar refractivity (Wildman–Crippen MR) is 255 cm³/mol. The van der Waals surface area contributed by atoms with E-state index in [0.717, 1.165) is 64.4 Å². The Labute approximate surface area is 419 Å². The number of amides is 12. The Morgan fingerprint density at radius 3 is 0.708 bits per heavy atom. The Morgan fingerprint density at radius 1 is 0.306 bits per heavy atom. The lowest BCUT2D eigenvalue weighted by Crippen LogP contribution is -2.49. The molecule has 0 radical (unpaired) electrons. The molecule has 400 valence electrons. The number of nitrogens with zero attached hydrogens (tertiary/aromatic N) is 12. The third-order valence-electron chi connectivity index (χ3n) is 10.9. The van der Waals surface area contributed by atoms with E-state index >= 15 is 0 Å². The van der Waals surface area contributed by atoms with Gasteiger partial charge in [-0.05, 0) is 5.56 Å². The van der Waals surface area contributed by atoms with Crippen molar-refractivity contribution in [2.45, 2.75) is 6.61 Å². The van der Waals surface area contributed by atoms with Crippen molar-refractivity contribution in [1.29, 1.82) is 0 Å². The quantitative estimate of drug-likeness (QED) is 0.0791. The summed E-state index contributed by atoms with van der Waals surface area (Å²) in [6, 6.07) is 8.96. The van der Waals surface area contributed by atoms with Gasteiger partial charge in [0.1, 0.15) is 19.7 Å². The van der Waals surface area contributed by atoms with Crippen LogP contribution in [0.1, 0.15) is 5.56 Å². The molecule has 0 N–H and O–H groups in total. The van der Waals surface area contributed by atoms with Crippen LogP contribution in [-0.4, -0.2) is 306 Å². The second-order valence-electron chi connectivity index (χ2n) is 17.2. The second kappa shape index (κ2) is 30.0. The van der Waals surface area contributed by atoms with Crippen LogP contribution in [-0.2, 0) is 73.6 Å². The van der Waals surface area contributed by atoms with E-state index in [2.05, 4.69) is 4.74 Å². The van der Waals surface area contributed by atoms with E-state index in [1.165, 1.54) is 91.7 Å². The molecule has 0 fully saturated rings. The van der Waals surface area contributed by atoms with Crippen molar-refractivity contribution in [3.63, 3.8) is 0 Å². The molecule has 0 spiro atoms. The van der Waals surface area contributed by atoms with Gasteiger partial charge in [-0.25, -0.2) is 4.79 Å². The van der Waals surface area contributed by atoms with Gasteiger partial charge in [-0.3, -0.25) is 57.5 Å². The number of methoxy groups -OCH3 is 1. The summed E-state index contributed by atoms with van der Waals surface area (Å²) in [6.07, 6.45) is -0.737. The van der Waals surface area contributed by atoms with Gasteiger partial charge in [0, 0.05) is 84.6 Å². The highest BCUT2D eigenvalue weighted by atomic mass is 16.6. The maximum Gasteiger partial charge on any atom is 0.410 e. The van der Waals surface area contributed by atoms with Crippen LogP contribution in [0.25, 0.3) is 0 Å². The summed E-state index contributed by atoms with van der Waals surface area (Å²) in [6.45, 7) is -5.14. The molecule has 27 nitrogen and oxygen atoms in total. The van der Waals surface area contributed by atoms with Gasteiger partial charge in [0.25, 0.3) is 0 Å². The Balaban J connectivity index is 2.54. The summed E-state index contributed by atoms with van der Waals surface area (Å²) >= 11 is 0. The van der Waals surface area contributed by atoms with E-state index in [1.807, 2.05) is 6.07 Å². The molecule has 0 atom stereocenters. The summed E-state index contributed by atoms with van der Waals surface area (Å²) in [5.74, 6) is -7.39. The number of hydrogen-bond acceptors (Lipinski definition) is 15. The van der Waals surface area contributed by atoms with Gasteiger partial charge < -0.3 is 68.3 Å². The molecular weight excluding hydrogens is 949 g/mol. The molecule has 27 heteroatoms. The maximum absolute atomic E-state index is 13.0. The van der Waals surface area contributed by atoms with Crippen molar-refractivity contribution in [2.75, 3.05) is 170 Å². The molecule has 1 aromatic carbocycles. The fourth-order valence-corrected chi connectivity index (χ4v) is 5.68. The monoisotopic (exact) mass is 1020 g/mol. The molecule has 12 amide bonds. The highest BCUT2D eigenvalue weighted by molar-refractivity contribution is 5.94. The first-order valence-corrected chi connectivity index (χ1v) is 22.1. The lowest BCUT2D eigenvalue weighted by Gasteiger charge is -2.27. The van der Waals surface area contributed by atoms with Crippen molar-refractivity contribution >= 4 is 77.0 Å². The van der Waals surface area contributed by atoms with Crippen LogP contribution < -0.4 is 0 Å². The van der Waals surface area contributed by atoms with Gasteiger partial charge in [-0.2, -0.15) is 0 Å². The summed E-state index contributed by atoms with van der Waals surface area (Å²) in [5, 5.41) is 0. The average Bonchev–Trinajstić information content (AvgIpc) is 3.32. The van der Waals surface area contributed by atoms with Gasteiger partial charge in [0.15, 0.2) is 0 Å². The average molecular weight is 1020 g/mol. The molecule has 0 aromatic heterocycles. The number of hydrogen-bond donors (Lipinski definition) is 0. The van der Waals surface area contributed by atoms with Crippen LogP contribution in [0.3, 0.4) is 0 Å². The fraction of sp³-hybridized carbons (Fsp3) is 0.578. The third kappa shape index (κ3) is 21.8. The Bertz CT molecular complexity index is 2140. The zero-order valence-electron chi connectivity index (χ0n) is 43.6. The third-order valence-corrected chi connectivity index (χ3v) is 10.9. The van der Waals surface area contributed by atoms with E-state index in [9.17, 15) is 62.3 Å². The summed E-state index contributed by atoms with van der Waals surface area (Å²) < 4.78 is 9.73. The standard InChI is InChI=1S/C45H70N12O15/c1-46(20-34(59)48(3)22-36(61)50(5)24-38(63)52(7)26-40(65)54(9)28-42(67)56(11)30-44(69)71-13)33(58)19-47(2)35(60)21-49(4)37(62)23-51(6)39(64)25-53(8)41(66)27-55(10)43(68)29-57(12)45(70)72-31-32-17-15-14-16-18-32/h14-18H,19-31H2,1-13H3. The number of carbonyl (C=O) groups excluding carboxylic acids is 13. The van der Waals surface area contributed by atoms with Crippen LogP contribution in [0.15, 0.2) is 30.3 Å². The lowest BCUT2D eigenvalue weighted by molar-refractivity contribution is -0.148. The van der Waals surface area contributed by atoms with Crippen LogP contribution in [0, 0.1) is 0 Å². The van der Waals surface area contributed by atoms with E-state index in [-0.39, 0.29) is 26.2 Å². The molecule has 0 unspecified atom stereocenters. The number of esters is 1. The number of likely N-dealkylation sites (N-methyl/N-ethyl adjacent to an activating group) is 12. The summed E-state index contributed by atoms with van der Waals surface area (Å²) in [4.78, 5) is 177. The van der Waals surface area contributed by atoms with E-state index in [4.69, 9.17) is 4.74 Å². The van der Waals surface area contributed by atoms with Crippen LogP contribution >= 0.6 is 0 Å². The van der Waals surface area contributed by atoms with Gasteiger partial charge in [0.2, 0.25) is 65.0 Å². The molecule has 0 heterocycles. The van der Waals surface area contributed by atoms with Crippen molar-refractivity contribution in [2.24, 2.45) is 0 Å². The minimum atomic E-state index is -0.737. The van der Waals surface area contributed by atoms with Gasteiger partial charge in [0.05, 0.1) is 72.6 Å². The molecule has 1 rings (SSSR count). The zero-order chi connectivity index (χ0) is 55.2. The number of carbonyl (C=O) groups is 13. The fourth-order valence-electron chi connectivity index (χ4n) is 5.68. The zero-order valence-corrected chi connectivity index (χ0v) is 43.6. The minimum absolute atomic E-state index is 0.0112. The first-order chi connectivity index (χ1) is 33.5. The first kappa shape index (κ1) is 62.1. The normalized spacial score (nSPS) is 10.3. The van der Waals surface area contributed by atoms with Gasteiger partial charge in [-0.15, -0.1) is 0 Å². The molecule has 0 aliphatic rings. The molecule has 72 heavy (non-hydrogen) atoms. The highest BCUT2D eigenvalue weighted by Crippen LogP contribution is 2.05. The van der Waals surface area contributed by atoms with Crippen molar-refractivity contribution in [3.05, 3.63) is 35.9 Å². The molecule has 0 aliphatic carbocycles. The molecule has 1 aromatic rings. The molecule has 0 saturated carbocycles. The second-order valence-corrected chi connectivity index (χ2v) is 17.2. The Hall–Kier alpha value is -7.87. The highest BCUT2D eigenvalue weighted by Gasteiger charge is 2.27. The van der Waals surface area contributed by atoms with E-state index in [0.29, 0.717) is 0 Å². The Kier molecular flexibility index (Phi) is 25.9. The molecule has 0 aliphatic heterocycles. The van der Waals surface area contributed by atoms with Crippen molar-refractivity contribution < 1.29 is 71.8 Å². The molecule has 0 saturated heterocycles. The molecular formula is C45H70N12O15.